The van der Waals surface area contributed by atoms with Gasteiger partial charge in [-0.3, -0.25) is 0 Å². The van der Waals surface area contributed by atoms with E-state index in [0.717, 1.165) is 26.4 Å². The highest BCUT2D eigenvalue weighted by Gasteiger charge is 2.04. The monoisotopic (exact) mass is 335 g/mol. The van der Waals surface area contributed by atoms with Crippen LogP contribution in [-0.4, -0.2) is 17.6 Å². The van der Waals surface area contributed by atoms with Crippen LogP contribution in [-0.2, 0) is 9.53 Å². The van der Waals surface area contributed by atoms with Gasteiger partial charge in [0.2, 0.25) is 0 Å². The zero-order valence-corrected chi connectivity index (χ0v) is 14.1. The van der Waals surface area contributed by atoms with Crippen molar-refractivity contribution in [3.05, 3.63) is 77.3 Å². The van der Waals surface area contributed by atoms with Gasteiger partial charge in [-0.15, -0.1) is 11.3 Å². The molecule has 120 valence electrons. The molecule has 3 nitrogen and oxygen atoms in total. The molecule has 3 rings (SSSR count). The molecule has 0 spiro atoms. The first kappa shape index (κ1) is 16.1. The first-order valence-corrected chi connectivity index (χ1v) is 8.55. The lowest BCUT2D eigenvalue weighted by Gasteiger charge is -2.02. The molecule has 0 saturated heterocycles. The van der Waals surface area contributed by atoms with E-state index in [2.05, 4.69) is 11.1 Å². The molecule has 0 unspecified atom stereocenters. The molecule has 0 aliphatic rings. The van der Waals surface area contributed by atoms with Crippen LogP contribution in [0.3, 0.4) is 0 Å². The normalized spacial score (nSPS) is 12.0. The molecule has 24 heavy (non-hydrogen) atoms. The van der Waals surface area contributed by atoms with Gasteiger partial charge in [0.25, 0.3) is 0 Å². The lowest BCUT2D eigenvalue weighted by atomic mass is 10.1. The minimum Gasteiger partial charge on any atom is -0.463 e. The van der Waals surface area contributed by atoms with E-state index in [9.17, 15) is 4.79 Å². The molecule has 0 aliphatic heterocycles. The molecule has 0 fully saturated rings. The summed E-state index contributed by atoms with van der Waals surface area (Å²) in [7, 11) is 0. The smallest absolute Gasteiger partial charge is 0.330 e. The number of hydrogen-bond donors (Lipinski definition) is 0. The van der Waals surface area contributed by atoms with Gasteiger partial charge in [-0.05, 0) is 42.3 Å². The molecule has 0 saturated carbocycles. The number of benzene rings is 2. The number of esters is 1. The molecule has 0 atom stereocenters. The second-order valence-electron chi connectivity index (χ2n) is 5.07. The molecule has 0 aliphatic carbocycles. The summed E-state index contributed by atoms with van der Waals surface area (Å²) in [6.45, 7) is 2.16. The van der Waals surface area contributed by atoms with Crippen molar-refractivity contribution in [2.45, 2.75) is 6.92 Å². The van der Waals surface area contributed by atoms with Crippen molar-refractivity contribution in [2.24, 2.45) is 0 Å². The van der Waals surface area contributed by atoms with Gasteiger partial charge in [-0.2, -0.15) is 0 Å². The molecule has 3 aromatic rings. The lowest BCUT2D eigenvalue weighted by Crippen LogP contribution is -1.99. The molecule has 0 amide bonds. The Bertz CT molecular complexity index is 861. The fraction of sp³-hybridized carbons (Fsp3) is 0.100. The van der Waals surface area contributed by atoms with E-state index in [4.69, 9.17) is 4.74 Å². The predicted molar refractivity (Wildman–Crippen MR) is 99.7 cm³/mol. The van der Waals surface area contributed by atoms with E-state index < -0.39 is 0 Å². The number of nitrogens with zero attached hydrogens (tertiary/aromatic N) is 1. The topological polar surface area (TPSA) is 39.2 Å². The van der Waals surface area contributed by atoms with E-state index in [-0.39, 0.29) is 5.97 Å². The SMILES string of the molecule is CCOC(=O)/C=C/C(=C\c1nc2ccccc2s1)c1ccccc1. The van der Waals surface area contributed by atoms with Crippen molar-refractivity contribution in [3.63, 3.8) is 0 Å². The Balaban J connectivity index is 1.98. The third-order valence-electron chi connectivity index (χ3n) is 3.38. The maximum Gasteiger partial charge on any atom is 0.330 e. The summed E-state index contributed by atoms with van der Waals surface area (Å²) in [4.78, 5) is 16.3. The third kappa shape index (κ3) is 3.97. The zero-order valence-electron chi connectivity index (χ0n) is 13.3. The largest absolute Gasteiger partial charge is 0.463 e. The van der Waals surface area contributed by atoms with Gasteiger partial charge in [-0.1, -0.05) is 42.5 Å². The van der Waals surface area contributed by atoms with Crippen LogP contribution >= 0.6 is 11.3 Å². The summed E-state index contributed by atoms with van der Waals surface area (Å²) in [6, 6.07) is 18.0. The molecule has 0 N–H and O–H groups in total. The Kier molecular flexibility index (Phi) is 5.18. The average Bonchev–Trinajstić information content (AvgIpc) is 3.02. The van der Waals surface area contributed by atoms with Gasteiger partial charge >= 0.3 is 5.97 Å². The number of para-hydroxylation sites is 1. The van der Waals surface area contributed by atoms with Crippen molar-refractivity contribution in [1.29, 1.82) is 0 Å². The van der Waals surface area contributed by atoms with Crippen molar-refractivity contribution >= 4 is 39.2 Å². The van der Waals surface area contributed by atoms with E-state index >= 15 is 0 Å². The Morgan fingerprint density at radius 3 is 2.58 bits per heavy atom. The standard InChI is InChI=1S/C20H17NO2S/c1-2-23-20(22)13-12-16(15-8-4-3-5-9-15)14-19-21-17-10-6-7-11-18(17)24-19/h3-14H,2H2,1H3/b13-12+,16-14+. The minimum absolute atomic E-state index is 0.344. The lowest BCUT2D eigenvalue weighted by molar-refractivity contribution is -0.137. The Hall–Kier alpha value is -2.72. The van der Waals surface area contributed by atoms with E-state index in [0.29, 0.717) is 6.61 Å². The fourth-order valence-corrected chi connectivity index (χ4v) is 3.21. The average molecular weight is 335 g/mol. The molecule has 1 heterocycles. The van der Waals surface area contributed by atoms with Gasteiger partial charge in [0.05, 0.1) is 16.8 Å². The summed E-state index contributed by atoms with van der Waals surface area (Å²) in [5.74, 6) is -0.344. The molecule has 1 aromatic heterocycles. The molecule has 4 heteroatoms. The maximum absolute atomic E-state index is 11.6. The number of allylic oxidation sites excluding steroid dienone is 2. The van der Waals surface area contributed by atoms with E-state index in [1.807, 2.05) is 54.6 Å². The summed E-state index contributed by atoms with van der Waals surface area (Å²) in [6.07, 6.45) is 5.23. The highest BCUT2D eigenvalue weighted by atomic mass is 32.1. The van der Waals surface area contributed by atoms with Crippen LogP contribution in [0.4, 0.5) is 0 Å². The van der Waals surface area contributed by atoms with Crippen LogP contribution in [0.15, 0.2) is 66.7 Å². The van der Waals surface area contributed by atoms with Crippen LogP contribution in [0.1, 0.15) is 17.5 Å². The predicted octanol–water partition coefficient (Wildman–Crippen LogP) is 4.96. The fourth-order valence-electron chi connectivity index (χ4n) is 2.29. The number of carbonyl (C=O) groups is 1. The summed E-state index contributed by atoms with van der Waals surface area (Å²) in [5, 5.41) is 0.906. The third-order valence-corrected chi connectivity index (χ3v) is 4.37. The van der Waals surface area contributed by atoms with E-state index in [1.165, 1.54) is 6.08 Å². The van der Waals surface area contributed by atoms with Crippen molar-refractivity contribution in [2.75, 3.05) is 6.61 Å². The first-order valence-electron chi connectivity index (χ1n) is 7.74. The molecular formula is C20H17NO2S. The van der Waals surface area contributed by atoms with Crippen LogP contribution in [0.5, 0.6) is 0 Å². The number of aromatic nitrogens is 1. The van der Waals surface area contributed by atoms with Crippen molar-refractivity contribution in [1.82, 2.24) is 4.98 Å². The molecule has 0 radical (unpaired) electrons. The minimum atomic E-state index is -0.344. The number of fused-ring (bicyclic) bond motifs is 1. The maximum atomic E-state index is 11.6. The Labute approximate surface area is 144 Å². The highest BCUT2D eigenvalue weighted by molar-refractivity contribution is 7.19. The van der Waals surface area contributed by atoms with Gasteiger partial charge in [-0.25, -0.2) is 9.78 Å². The van der Waals surface area contributed by atoms with Crippen LogP contribution < -0.4 is 0 Å². The molecular weight excluding hydrogens is 318 g/mol. The Morgan fingerprint density at radius 2 is 1.83 bits per heavy atom. The molecule has 0 bridgehead atoms. The Morgan fingerprint density at radius 1 is 1.08 bits per heavy atom. The van der Waals surface area contributed by atoms with E-state index in [1.54, 1.807) is 24.3 Å². The van der Waals surface area contributed by atoms with Crippen LogP contribution in [0.2, 0.25) is 0 Å². The van der Waals surface area contributed by atoms with Gasteiger partial charge in [0.15, 0.2) is 0 Å². The first-order chi connectivity index (χ1) is 11.8. The zero-order chi connectivity index (χ0) is 16.8. The quantitative estimate of drug-likeness (QED) is 0.376. The summed E-state index contributed by atoms with van der Waals surface area (Å²) >= 11 is 1.63. The number of rotatable bonds is 5. The second-order valence-corrected chi connectivity index (χ2v) is 6.13. The van der Waals surface area contributed by atoms with Crippen LogP contribution in [0.25, 0.3) is 21.9 Å². The summed E-state index contributed by atoms with van der Waals surface area (Å²) in [5.41, 5.74) is 2.93. The van der Waals surface area contributed by atoms with Crippen molar-refractivity contribution < 1.29 is 9.53 Å². The molecule has 2 aromatic carbocycles. The highest BCUT2D eigenvalue weighted by Crippen LogP contribution is 2.26. The van der Waals surface area contributed by atoms with Crippen molar-refractivity contribution in [3.8, 4) is 0 Å². The van der Waals surface area contributed by atoms with Crippen LogP contribution in [0, 0.1) is 0 Å². The summed E-state index contributed by atoms with van der Waals surface area (Å²) < 4.78 is 6.10. The van der Waals surface area contributed by atoms with Gasteiger partial charge < -0.3 is 4.74 Å². The van der Waals surface area contributed by atoms with Gasteiger partial charge in [0, 0.05) is 6.08 Å². The number of thiazole rings is 1. The number of ether oxygens (including phenoxy) is 1. The second kappa shape index (κ2) is 7.70. The number of hydrogen-bond acceptors (Lipinski definition) is 4. The van der Waals surface area contributed by atoms with Gasteiger partial charge in [0.1, 0.15) is 5.01 Å². The number of carbonyl (C=O) groups excluding carboxylic acids is 1.